The molecule has 0 spiro atoms. The van der Waals surface area contributed by atoms with Gasteiger partial charge < -0.3 is 0 Å². The third-order valence-electron chi connectivity index (χ3n) is 1.72. The Morgan fingerprint density at radius 2 is 1.90 bits per heavy atom. The fourth-order valence-electron chi connectivity index (χ4n) is 0.918. The summed E-state index contributed by atoms with van der Waals surface area (Å²) in [4.78, 5) is 0. The summed E-state index contributed by atoms with van der Waals surface area (Å²) in [5.74, 6) is 0.487. The van der Waals surface area contributed by atoms with Crippen molar-refractivity contribution in [1.82, 2.24) is 0 Å². The van der Waals surface area contributed by atoms with Crippen molar-refractivity contribution in [2.45, 2.75) is 19.2 Å². The largest absolute Gasteiger partial charge is 0.0822 e. The summed E-state index contributed by atoms with van der Waals surface area (Å²) in [5.41, 5.74) is 1.32. The second kappa shape index (κ2) is 3.45. The predicted molar refractivity (Wildman–Crippen MR) is 45.4 cm³/mol. The highest BCUT2D eigenvalue weighted by atomic mass is 14.0. The van der Waals surface area contributed by atoms with Gasteiger partial charge in [-0.05, 0) is 11.5 Å². The van der Waals surface area contributed by atoms with Crippen LogP contribution >= 0.6 is 0 Å². The van der Waals surface area contributed by atoms with Crippen LogP contribution in [-0.4, -0.2) is 7.85 Å². The van der Waals surface area contributed by atoms with E-state index in [2.05, 4.69) is 19.1 Å². The van der Waals surface area contributed by atoms with Gasteiger partial charge in [0, 0.05) is 0 Å². The molecule has 0 bridgehead atoms. The number of hydrogen-bond acceptors (Lipinski definition) is 0. The summed E-state index contributed by atoms with van der Waals surface area (Å²) in [6.45, 7) is 2.13. The zero-order chi connectivity index (χ0) is 7.40. The Kier molecular flexibility index (Phi) is 2.55. The van der Waals surface area contributed by atoms with E-state index >= 15 is 0 Å². The van der Waals surface area contributed by atoms with Crippen LogP contribution in [0.2, 0.25) is 6.32 Å². The van der Waals surface area contributed by atoms with Gasteiger partial charge in [0.1, 0.15) is 0 Å². The van der Waals surface area contributed by atoms with Gasteiger partial charge in [-0.3, -0.25) is 0 Å². The Morgan fingerprint density at radius 1 is 1.30 bits per heavy atom. The molecule has 0 aliphatic heterocycles. The van der Waals surface area contributed by atoms with E-state index in [1.807, 2.05) is 18.2 Å². The van der Waals surface area contributed by atoms with Gasteiger partial charge in [-0.1, -0.05) is 43.6 Å². The van der Waals surface area contributed by atoms with E-state index in [4.69, 9.17) is 7.85 Å². The maximum absolute atomic E-state index is 5.50. The van der Waals surface area contributed by atoms with Crippen molar-refractivity contribution in [2.75, 3.05) is 0 Å². The lowest BCUT2D eigenvalue weighted by atomic mass is 9.87. The van der Waals surface area contributed by atoms with Crippen molar-refractivity contribution < 1.29 is 0 Å². The van der Waals surface area contributed by atoms with Crippen molar-refractivity contribution in [1.29, 1.82) is 0 Å². The monoisotopic (exact) mass is 130 g/mol. The van der Waals surface area contributed by atoms with Crippen molar-refractivity contribution in [3.63, 3.8) is 0 Å². The van der Waals surface area contributed by atoms with Crippen LogP contribution in [0, 0.1) is 0 Å². The van der Waals surface area contributed by atoms with Gasteiger partial charge in [0.25, 0.3) is 0 Å². The first kappa shape index (κ1) is 7.39. The molecule has 0 aliphatic carbocycles. The minimum absolute atomic E-state index is 0.487. The minimum atomic E-state index is 0.487. The fraction of sp³-hybridized carbons (Fsp3) is 0.333. The van der Waals surface area contributed by atoms with Crippen LogP contribution in [0.15, 0.2) is 30.3 Å². The summed E-state index contributed by atoms with van der Waals surface area (Å²) in [6.07, 6.45) is 0.726. The molecule has 0 N–H and O–H groups in total. The zero-order valence-electron chi connectivity index (χ0n) is 6.25. The highest BCUT2D eigenvalue weighted by molar-refractivity contribution is 6.09. The standard InChI is InChI=1S/C9H11B/c1-8(7-10)9-5-3-2-4-6-9/h2-6,8H,7H2,1H3/t8-/m1/s1. The van der Waals surface area contributed by atoms with Gasteiger partial charge in [0.2, 0.25) is 0 Å². The molecule has 0 amide bonds. The van der Waals surface area contributed by atoms with E-state index in [1.165, 1.54) is 5.56 Å². The highest BCUT2D eigenvalue weighted by Gasteiger charge is 1.98. The van der Waals surface area contributed by atoms with Crippen LogP contribution in [0.25, 0.3) is 0 Å². The smallest absolute Gasteiger partial charge is 0.0661 e. The summed E-state index contributed by atoms with van der Waals surface area (Å²) in [5, 5.41) is 0. The number of rotatable bonds is 2. The molecule has 0 aliphatic rings. The van der Waals surface area contributed by atoms with E-state index in [0.29, 0.717) is 5.92 Å². The lowest BCUT2D eigenvalue weighted by molar-refractivity contribution is 0.864. The third kappa shape index (κ3) is 1.63. The van der Waals surface area contributed by atoms with Crippen LogP contribution in [0.3, 0.4) is 0 Å². The summed E-state index contributed by atoms with van der Waals surface area (Å²) in [6, 6.07) is 10.3. The molecule has 1 aromatic rings. The van der Waals surface area contributed by atoms with Gasteiger partial charge in [0.05, 0.1) is 7.85 Å². The van der Waals surface area contributed by atoms with Gasteiger partial charge in [-0.2, -0.15) is 0 Å². The molecule has 0 saturated heterocycles. The fourth-order valence-corrected chi connectivity index (χ4v) is 0.918. The topological polar surface area (TPSA) is 0 Å². The van der Waals surface area contributed by atoms with E-state index < -0.39 is 0 Å². The molecular formula is C9H11B. The van der Waals surface area contributed by atoms with Gasteiger partial charge >= 0.3 is 0 Å². The molecular weight excluding hydrogens is 119 g/mol. The van der Waals surface area contributed by atoms with Gasteiger partial charge in [-0.25, -0.2) is 0 Å². The van der Waals surface area contributed by atoms with Crippen LogP contribution in [0.4, 0.5) is 0 Å². The molecule has 1 atom stereocenters. The summed E-state index contributed by atoms with van der Waals surface area (Å²) >= 11 is 0. The van der Waals surface area contributed by atoms with Crippen molar-refractivity contribution in [2.24, 2.45) is 0 Å². The van der Waals surface area contributed by atoms with Crippen LogP contribution in [-0.2, 0) is 0 Å². The molecule has 0 saturated carbocycles. The lowest BCUT2D eigenvalue weighted by Crippen LogP contribution is -1.90. The highest BCUT2D eigenvalue weighted by Crippen LogP contribution is 2.16. The number of hydrogen-bond donors (Lipinski definition) is 0. The van der Waals surface area contributed by atoms with Crippen LogP contribution in [0.1, 0.15) is 18.4 Å². The molecule has 0 heterocycles. The zero-order valence-corrected chi connectivity index (χ0v) is 6.25. The van der Waals surface area contributed by atoms with Crippen molar-refractivity contribution in [3.05, 3.63) is 35.9 Å². The van der Waals surface area contributed by atoms with Gasteiger partial charge in [0.15, 0.2) is 0 Å². The molecule has 1 aromatic carbocycles. The Morgan fingerprint density at radius 3 is 2.40 bits per heavy atom. The van der Waals surface area contributed by atoms with E-state index in [1.54, 1.807) is 0 Å². The SMILES string of the molecule is [B]C[C@@H](C)c1ccccc1. The predicted octanol–water partition coefficient (Wildman–Crippen LogP) is 2.38. The van der Waals surface area contributed by atoms with Crippen molar-refractivity contribution >= 4 is 7.85 Å². The normalized spacial score (nSPS) is 12.9. The second-order valence-corrected chi connectivity index (χ2v) is 2.55. The van der Waals surface area contributed by atoms with E-state index in [9.17, 15) is 0 Å². The molecule has 0 nitrogen and oxygen atoms in total. The van der Waals surface area contributed by atoms with E-state index in [0.717, 1.165) is 6.32 Å². The Balaban J connectivity index is 2.75. The minimum Gasteiger partial charge on any atom is -0.0822 e. The third-order valence-corrected chi connectivity index (χ3v) is 1.72. The number of benzene rings is 1. The van der Waals surface area contributed by atoms with Crippen LogP contribution in [0.5, 0.6) is 0 Å². The average Bonchev–Trinajstić information content (AvgIpc) is 2.05. The quantitative estimate of drug-likeness (QED) is 0.539. The molecule has 0 fully saturated rings. The summed E-state index contributed by atoms with van der Waals surface area (Å²) < 4.78 is 0. The molecule has 2 radical (unpaired) electrons. The first-order chi connectivity index (χ1) is 4.84. The van der Waals surface area contributed by atoms with E-state index in [-0.39, 0.29) is 0 Å². The Bertz CT molecular complexity index is 181. The second-order valence-electron chi connectivity index (χ2n) is 2.55. The molecule has 0 aromatic heterocycles. The maximum Gasteiger partial charge on any atom is 0.0661 e. The Labute approximate surface area is 63.7 Å². The first-order valence-corrected chi connectivity index (χ1v) is 3.59. The maximum atomic E-state index is 5.50. The lowest BCUT2D eigenvalue weighted by Gasteiger charge is -2.06. The molecule has 50 valence electrons. The summed E-state index contributed by atoms with van der Waals surface area (Å²) in [7, 11) is 5.50. The van der Waals surface area contributed by atoms with Gasteiger partial charge in [-0.15, -0.1) is 0 Å². The molecule has 1 rings (SSSR count). The Hall–Kier alpha value is -0.715. The molecule has 1 heteroatoms. The van der Waals surface area contributed by atoms with Crippen molar-refractivity contribution in [3.8, 4) is 0 Å². The first-order valence-electron chi connectivity index (χ1n) is 3.59. The average molecular weight is 130 g/mol. The molecule has 10 heavy (non-hydrogen) atoms. The molecule has 0 unspecified atom stereocenters. The van der Waals surface area contributed by atoms with Crippen LogP contribution < -0.4 is 0 Å².